The second kappa shape index (κ2) is 6.84. The molecule has 130 valence electrons. The number of nitrogens with one attached hydrogen (secondary N) is 1. The van der Waals surface area contributed by atoms with Gasteiger partial charge in [0, 0.05) is 42.8 Å². The highest BCUT2D eigenvalue weighted by Crippen LogP contribution is 2.24. The molecule has 1 aliphatic rings. The average molecular weight is 349 g/mol. The topological polar surface area (TPSA) is 88.8 Å². The summed E-state index contributed by atoms with van der Waals surface area (Å²) in [6.07, 6.45) is 5.51. The predicted molar refractivity (Wildman–Crippen MR) is 91.9 cm³/mol. The van der Waals surface area contributed by atoms with Gasteiger partial charge in [0.25, 0.3) is 0 Å². The highest BCUT2D eigenvalue weighted by molar-refractivity contribution is 7.09. The molecule has 1 saturated heterocycles. The number of amides is 2. The Morgan fingerprint density at radius 2 is 2.12 bits per heavy atom. The van der Waals surface area contributed by atoms with Crippen LogP contribution >= 0.6 is 11.5 Å². The zero-order chi connectivity index (χ0) is 17.2. The Hall–Kier alpha value is -2.03. The zero-order valence-corrected chi connectivity index (χ0v) is 15.1. The van der Waals surface area contributed by atoms with Gasteiger partial charge in [-0.1, -0.05) is 26.0 Å². The molecule has 0 radical (unpaired) electrons. The van der Waals surface area contributed by atoms with Gasteiger partial charge in [-0.25, -0.2) is 9.78 Å². The van der Waals surface area contributed by atoms with E-state index in [1.807, 2.05) is 15.8 Å². The van der Waals surface area contributed by atoms with Crippen molar-refractivity contribution in [1.82, 2.24) is 29.3 Å². The number of carbonyl (C=O) groups excluding carboxylic acids is 1. The maximum atomic E-state index is 12.4. The van der Waals surface area contributed by atoms with Gasteiger partial charge in [-0.05, 0) is 18.8 Å². The summed E-state index contributed by atoms with van der Waals surface area (Å²) in [6, 6.07) is -0.0918. The van der Waals surface area contributed by atoms with Crippen LogP contribution in [-0.4, -0.2) is 48.4 Å². The quantitative estimate of drug-likeness (QED) is 0.919. The molecule has 0 spiro atoms. The van der Waals surface area contributed by atoms with E-state index in [1.54, 1.807) is 6.20 Å². The summed E-state index contributed by atoms with van der Waals surface area (Å²) in [4.78, 5) is 18.6. The molecule has 2 aromatic rings. The van der Waals surface area contributed by atoms with Crippen molar-refractivity contribution in [2.45, 2.75) is 45.6 Å². The summed E-state index contributed by atoms with van der Waals surface area (Å²) in [5.74, 6) is 1.29. The third-order valence-corrected chi connectivity index (χ3v) is 4.76. The normalized spacial score (nSPS) is 16.4. The summed E-state index contributed by atoms with van der Waals surface area (Å²) >= 11 is 1.23. The van der Waals surface area contributed by atoms with Gasteiger partial charge >= 0.3 is 6.03 Å². The molecule has 9 heteroatoms. The fourth-order valence-electron chi connectivity index (χ4n) is 2.66. The smallest absolute Gasteiger partial charge is 0.323 e. The van der Waals surface area contributed by atoms with Crippen LogP contribution < -0.4 is 5.32 Å². The Kier molecular flexibility index (Phi) is 4.79. The van der Waals surface area contributed by atoms with Crippen LogP contribution in [0.1, 0.15) is 39.4 Å². The number of hydrogen-bond acceptors (Lipinski definition) is 6. The van der Waals surface area contributed by atoms with E-state index >= 15 is 0 Å². The zero-order valence-electron chi connectivity index (χ0n) is 14.3. The molecule has 0 saturated carbocycles. The Morgan fingerprint density at radius 1 is 1.38 bits per heavy atom. The van der Waals surface area contributed by atoms with Gasteiger partial charge in [-0.2, -0.15) is 4.37 Å². The summed E-state index contributed by atoms with van der Waals surface area (Å²) in [5, 5.41) is 11.3. The molecule has 0 unspecified atom stereocenters. The fraction of sp³-hybridized carbons (Fsp3) is 0.667. The molecule has 3 rings (SSSR count). The molecule has 3 heterocycles. The number of rotatable bonds is 3. The lowest BCUT2D eigenvalue weighted by Gasteiger charge is -2.31. The van der Waals surface area contributed by atoms with E-state index in [0.717, 1.165) is 38.3 Å². The summed E-state index contributed by atoms with van der Waals surface area (Å²) in [5.41, 5.74) is -0.112. The van der Waals surface area contributed by atoms with Crippen LogP contribution in [0, 0.1) is 5.92 Å². The first-order valence-electron chi connectivity index (χ1n) is 8.16. The minimum atomic E-state index is -0.112. The van der Waals surface area contributed by atoms with Crippen molar-refractivity contribution in [3.8, 4) is 0 Å². The number of nitrogens with zero attached hydrogens (tertiary/aromatic N) is 6. The van der Waals surface area contributed by atoms with Crippen LogP contribution in [0.25, 0.3) is 0 Å². The largest absolute Gasteiger partial charge is 0.324 e. The average Bonchev–Trinajstić information content (AvgIpc) is 3.19. The highest BCUT2D eigenvalue weighted by Gasteiger charge is 2.25. The molecule has 1 fully saturated rings. The monoisotopic (exact) mass is 349 g/mol. The van der Waals surface area contributed by atoms with Crippen molar-refractivity contribution in [3.05, 3.63) is 18.2 Å². The first-order valence-corrected chi connectivity index (χ1v) is 8.93. The van der Waals surface area contributed by atoms with E-state index < -0.39 is 0 Å². The van der Waals surface area contributed by atoms with E-state index in [1.165, 1.54) is 11.5 Å². The van der Waals surface area contributed by atoms with Crippen molar-refractivity contribution < 1.29 is 4.79 Å². The van der Waals surface area contributed by atoms with Crippen LogP contribution in [-0.2, 0) is 12.0 Å². The molecule has 1 aliphatic heterocycles. The van der Waals surface area contributed by atoms with Gasteiger partial charge in [0.2, 0.25) is 5.13 Å². The first-order chi connectivity index (χ1) is 11.4. The van der Waals surface area contributed by atoms with Crippen molar-refractivity contribution >= 4 is 22.7 Å². The molecule has 2 amide bonds. The van der Waals surface area contributed by atoms with Gasteiger partial charge in [-0.15, -0.1) is 5.10 Å². The third-order valence-electron chi connectivity index (χ3n) is 4.13. The number of carbonyl (C=O) groups is 1. The fourth-order valence-corrected chi connectivity index (χ4v) is 3.41. The highest BCUT2D eigenvalue weighted by atomic mass is 32.1. The van der Waals surface area contributed by atoms with Gasteiger partial charge in [0.05, 0.1) is 6.20 Å². The van der Waals surface area contributed by atoms with Crippen LogP contribution in [0.5, 0.6) is 0 Å². The summed E-state index contributed by atoms with van der Waals surface area (Å²) in [7, 11) is 0. The Labute approximate surface area is 145 Å². The Balaban J connectivity index is 1.49. The van der Waals surface area contributed by atoms with Gasteiger partial charge in [0.15, 0.2) is 0 Å². The van der Waals surface area contributed by atoms with Crippen molar-refractivity contribution in [2.24, 2.45) is 5.92 Å². The number of urea groups is 1. The maximum Gasteiger partial charge on any atom is 0.323 e. The van der Waals surface area contributed by atoms with Crippen LogP contribution in [0.15, 0.2) is 12.4 Å². The predicted octanol–water partition coefficient (Wildman–Crippen LogP) is 2.37. The lowest BCUT2D eigenvalue weighted by molar-refractivity contribution is 0.175. The van der Waals surface area contributed by atoms with Gasteiger partial charge < -0.3 is 4.90 Å². The number of anilines is 1. The number of hydrogen-bond donors (Lipinski definition) is 1. The van der Waals surface area contributed by atoms with Gasteiger partial charge in [-0.3, -0.25) is 10.00 Å². The first kappa shape index (κ1) is 16.8. The SMILES string of the molecule is CC(C)(C)c1nsc(NC(=O)N2CCC(Cn3ccnn3)CC2)n1. The molecule has 8 nitrogen and oxygen atoms in total. The van der Waals surface area contributed by atoms with Crippen molar-refractivity contribution in [3.63, 3.8) is 0 Å². The molecular formula is C15H23N7OS. The van der Waals surface area contributed by atoms with Crippen LogP contribution in [0.4, 0.5) is 9.93 Å². The molecule has 0 aromatic carbocycles. The molecule has 2 aromatic heterocycles. The Bertz CT molecular complexity index is 668. The van der Waals surface area contributed by atoms with E-state index in [4.69, 9.17) is 0 Å². The molecule has 24 heavy (non-hydrogen) atoms. The van der Waals surface area contributed by atoms with E-state index in [9.17, 15) is 4.79 Å². The van der Waals surface area contributed by atoms with Crippen LogP contribution in [0.3, 0.4) is 0 Å². The molecule has 0 bridgehead atoms. The molecule has 0 atom stereocenters. The maximum absolute atomic E-state index is 12.4. The van der Waals surface area contributed by atoms with E-state index in [2.05, 4.69) is 45.8 Å². The van der Waals surface area contributed by atoms with Gasteiger partial charge in [0.1, 0.15) is 5.82 Å². The summed E-state index contributed by atoms with van der Waals surface area (Å²) in [6.45, 7) is 8.52. The van der Waals surface area contributed by atoms with Crippen molar-refractivity contribution in [1.29, 1.82) is 0 Å². The standard InChI is InChI=1S/C15H23N7OS/c1-15(2,3)12-17-13(24-19-12)18-14(23)21-7-4-11(5-8-21)10-22-9-6-16-20-22/h6,9,11H,4-5,7-8,10H2,1-3H3,(H,17,18,19,23). The van der Waals surface area contributed by atoms with E-state index in [0.29, 0.717) is 11.0 Å². The van der Waals surface area contributed by atoms with Crippen molar-refractivity contribution in [2.75, 3.05) is 18.4 Å². The minimum absolute atomic E-state index is 0.0918. The summed E-state index contributed by atoms with van der Waals surface area (Å²) < 4.78 is 6.18. The number of aromatic nitrogens is 5. The Morgan fingerprint density at radius 3 is 2.71 bits per heavy atom. The number of piperidine rings is 1. The van der Waals surface area contributed by atoms with Crippen LogP contribution in [0.2, 0.25) is 0 Å². The second-order valence-corrected chi connectivity index (χ2v) is 7.91. The lowest BCUT2D eigenvalue weighted by Crippen LogP contribution is -2.41. The lowest BCUT2D eigenvalue weighted by atomic mass is 9.96. The minimum Gasteiger partial charge on any atom is -0.324 e. The van der Waals surface area contributed by atoms with E-state index in [-0.39, 0.29) is 11.4 Å². The molecular weight excluding hydrogens is 326 g/mol. The third kappa shape index (κ3) is 4.08. The molecule has 0 aliphatic carbocycles. The molecule has 1 N–H and O–H groups in total. The second-order valence-electron chi connectivity index (χ2n) is 7.16. The number of likely N-dealkylation sites (tertiary alicyclic amines) is 1.